The molecule has 3 aliphatic rings. The van der Waals surface area contributed by atoms with Crippen molar-refractivity contribution in [2.24, 2.45) is 5.92 Å². The lowest BCUT2D eigenvalue weighted by molar-refractivity contribution is -0.883. The number of likely N-dealkylation sites (tertiary alicyclic amines) is 1. The molecule has 2 amide bonds. The zero-order valence-electron chi connectivity index (χ0n) is 23.6. The maximum Gasteiger partial charge on any atom is 0.337 e. The lowest BCUT2D eigenvalue weighted by Gasteiger charge is -2.55. The third-order valence-corrected chi connectivity index (χ3v) is 9.31. The highest BCUT2D eigenvalue weighted by atomic mass is 16.5. The van der Waals surface area contributed by atoms with Crippen molar-refractivity contribution in [3.63, 3.8) is 0 Å². The quantitative estimate of drug-likeness (QED) is 0.482. The summed E-state index contributed by atoms with van der Waals surface area (Å²) in [5.74, 6) is 1.59. The average Bonchev–Trinajstić information content (AvgIpc) is 2.91. The summed E-state index contributed by atoms with van der Waals surface area (Å²) in [6.45, 7) is 7.02. The van der Waals surface area contributed by atoms with Gasteiger partial charge in [0.1, 0.15) is 18.4 Å². The Bertz CT molecular complexity index is 904. The van der Waals surface area contributed by atoms with Crippen LogP contribution < -0.4 is 10.1 Å². The zero-order valence-corrected chi connectivity index (χ0v) is 23.6. The Morgan fingerprint density at radius 1 is 1.08 bits per heavy atom. The fourth-order valence-electron chi connectivity index (χ4n) is 6.76. The minimum absolute atomic E-state index is 0.125. The number of hydrogen-bond donors (Lipinski definition) is 1. The SMILES string of the molecule is CCCC[N+]1(C)C(=O)C(C2CCCCC2)NC(=O)C12CCN(Cc1ccc(OCCN(C)C)cc1)CC2. The molecule has 2 unspecified atom stereocenters. The van der Waals surface area contributed by atoms with Gasteiger partial charge >= 0.3 is 5.91 Å². The molecule has 37 heavy (non-hydrogen) atoms. The van der Waals surface area contributed by atoms with E-state index in [9.17, 15) is 9.59 Å². The van der Waals surface area contributed by atoms with Crippen molar-refractivity contribution >= 4 is 11.8 Å². The van der Waals surface area contributed by atoms with Crippen molar-refractivity contribution < 1.29 is 18.8 Å². The molecule has 1 aromatic carbocycles. The third-order valence-electron chi connectivity index (χ3n) is 9.31. The van der Waals surface area contributed by atoms with Crippen molar-refractivity contribution in [2.75, 3.05) is 53.9 Å². The molecule has 1 aliphatic carbocycles. The Balaban J connectivity index is 1.41. The van der Waals surface area contributed by atoms with Crippen LogP contribution in [0.15, 0.2) is 24.3 Å². The van der Waals surface area contributed by atoms with Gasteiger partial charge in [-0.25, -0.2) is 9.28 Å². The molecule has 2 heterocycles. The van der Waals surface area contributed by atoms with Crippen molar-refractivity contribution in [3.8, 4) is 5.75 Å². The van der Waals surface area contributed by atoms with Crippen LogP contribution in [0.5, 0.6) is 5.75 Å². The number of piperazine rings is 1. The van der Waals surface area contributed by atoms with E-state index in [-0.39, 0.29) is 17.9 Å². The van der Waals surface area contributed by atoms with Crippen molar-refractivity contribution in [1.82, 2.24) is 15.1 Å². The molecule has 7 nitrogen and oxygen atoms in total. The number of ether oxygens (including phenoxy) is 1. The van der Waals surface area contributed by atoms with E-state index in [4.69, 9.17) is 4.74 Å². The molecule has 7 heteroatoms. The van der Waals surface area contributed by atoms with Crippen LogP contribution in [0, 0.1) is 5.92 Å². The molecule has 0 radical (unpaired) electrons. The van der Waals surface area contributed by atoms with Gasteiger partial charge in [-0.05, 0) is 57.0 Å². The summed E-state index contributed by atoms with van der Waals surface area (Å²) in [4.78, 5) is 32.5. The molecule has 2 aliphatic heterocycles. The number of carbonyl (C=O) groups excluding carboxylic acids is 2. The number of rotatable bonds is 10. The maximum atomic E-state index is 14.1. The summed E-state index contributed by atoms with van der Waals surface area (Å²) < 4.78 is 6.12. The van der Waals surface area contributed by atoms with E-state index in [1.165, 1.54) is 24.8 Å². The highest BCUT2D eigenvalue weighted by Gasteiger charge is 2.64. The summed E-state index contributed by atoms with van der Waals surface area (Å²) >= 11 is 0. The fraction of sp³-hybridized carbons (Fsp3) is 0.733. The first-order valence-electron chi connectivity index (χ1n) is 14.6. The van der Waals surface area contributed by atoms with E-state index in [0.29, 0.717) is 17.0 Å². The minimum Gasteiger partial charge on any atom is -0.492 e. The average molecular weight is 514 g/mol. The number of hydrogen-bond acceptors (Lipinski definition) is 5. The first kappa shape index (κ1) is 28.1. The molecule has 3 fully saturated rings. The Morgan fingerprint density at radius 2 is 1.76 bits per heavy atom. The smallest absolute Gasteiger partial charge is 0.337 e. The van der Waals surface area contributed by atoms with E-state index < -0.39 is 5.54 Å². The lowest BCUT2D eigenvalue weighted by atomic mass is 9.75. The van der Waals surface area contributed by atoms with Gasteiger partial charge in [-0.15, -0.1) is 0 Å². The van der Waals surface area contributed by atoms with Crippen molar-refractivity contribution in [3.05, 3.63) is 29.8 Å². The van der Waals surface area contributed by atoms with Crippen molar-refractivity contribution in [1.29, 1.82) is 0 Å². The zero-order chi connectivity index (χ0) is 26.5. The van der Waals surface area contributed by atoms with Crippen LogP contribution in [0.3, 0.4) is 0 Å². The molecule has 4 rings (SSSR count). The van der Waals surface area contributed by atoms with Gasteiger partial charge < -0.3 is 15.0 Å². The van der Waals surface area contributed by atoms with Gasteiger partial charge in [0.15, 0.2) is 5.54 Å². The molecule has 1 aromatic rings. The van der Waals surface area contributed by atoms with E-state index >= 15 is 0 Å². The van der Waals surface area contributed by atoms with Gasteiger partial charge in [-0.1, -0.05) is 44.7 Å². The number of quaternary nitrogens is 1. The monoisotopic (exact) mass is 513 g/mol. The number of amides is 2. The molecule has 2 saturated heterocycles. The van der Waals surface area contributed by atoms with Gasteiger partial charge in [-0.2, -0.15) is 0 Å². The second-order valence-corrected chi connectivity index (χ2v) is 12.1. The van der Waals surface area contributed by atoms with Crippen LogP contribution in [0.2, 0.25) is 0 Å². The van der Waals surface area contributed by atoms with E-state index in [2.05, 4.69) is 41.2 Å². The predicted octanol–water partition coefficient (Wildman–Crippen LogP) is 3.81. The van der Waals surface area contributed by atoms with Crippen LogP contribution in [-0.4, -0.2) is 91.6 Å². The van der Waals surface area contributed by atoms with Crippen molar-refractivity contribution in [2.45, 2.75) is 82.8 Å². The molecular weight excluding hydrogens is 464 g/mol. The van der Waals surface area contributed by atoms with Crippen LogP contribution in [0.1, 0.15) is 70.3 Å². The van der Waals surface area contributed by atoms with Crippen LogP contribution in [0.4, 0.5) is 0 Å². The molecule has 206 valence electrons. The Hall–Kier alpha value is -1.96. The Morgan fingerprint density at radius 3 is 2.38 bits per heavy atom. The summed E-state index contributed by atoms with van der Waals surface area (Å²) in [5.41, 5.74) is 0.610. The van der Waals surface area contributed by atoms with Crippen LogP contribution in [-0.2, 0) is 16.1 Å². The number of unbranched alkanes of at least 4 members (excludes halogenated alkanes) is 1. The first-order valence-corrected chi connectivity index (χ1v) is 14.6. The highest BCUT2D eigenvalue weighted by Crippen LogP contribution is 2.41. The molecule has 1 spiro atoms. The number of benzene rings is 1. The Labute approximate surface area is 224 Å². The largest absolute Gasteiger partial charge is 0.492 e. The number of likely N-dealkylation sites (N-methyl/N-ethyl adjacent to an activating group) is 2. The fourth-order valence-corrected chi connectivity index (χ4v) is 6.76. The first-order chi connectivity index (χ1) is 17.8. The summed E-state index contributed by atoms with van der Waals surface area (Å²) in [7, 11) is 6.17. The van der Waals surface area contributed by atoms with Gasteiger partial charge in [0.2, 0.25) is 0 Å². The second-order valence-electron chi connectivity index (χ2n) is 12.1. The number of nitrogens with zero attached hydrogens (tertiary/aromatic N) is 3. The second kappa shape index (κ2) is 12.3. The van der Waals surface area contributed by atoms with Crippen LogP contribution in [0.25, 0.3) is 0 Å². The normalized spacial score (nSPS) is 27.0. The molecule has 0 bridgehead atoms. The van der Waals surface area contributed by atoms with Gasteiger partial charge in [-0.3, -0.25) is 9.69 Å². The molecule has 2 atom stereocenters. The maximum absolute atomic E-state index is 14.1. The Kier molecular flexibility index (Phi) is 9.30. The molecular formula is C30H49N4O3+. The van der Waals surface area contributed by atoms with Gasteiger partial charge in [0.25, 0.3) is 5.91 Å². The van der Waals surface area contributed by atoms with E-state index in [0.717, 1.165) is 77.0 Å². The molecule has 1 N–H and O–H groups in total. The highest BCUT2D eigenvalue weighted by molar-refractivity contribution is 5.95. The predicted molar refractivity (Wildman–Crippen MR) is 147 cm³/mol. The molecule has 1 saturated carbocycles. The summed E-state index contributed by atoms with van der Waals surface area (Å²) in [6, 6.07) is 8.07. The summed E-state index contributed by atoms with van der Waals surface area (Å²) in [6.07, 6.45) is 9.18. The van der Waals surface area contributed by atoms with Gasteiger partial charge in [0.05, 0.1) is 13.6 Å². The third kappa shape index (κ3) is 6.04. The standard InChI is InChI=1S/C30H48N4O3/c1-5-6-21-34(4)28(35)27(25-10-8-7-9-11-25)31-29(36)30(34)16-18-33(19-17-30)23-24-12-14-26(15-13-24)37-22-20-32(2)3/h12-15,25,27H,5-11,16-23H2,1-4H3/p+1. The van der Waals surface area contributed by atoms with E-state index in [1.807, 2.05) is 26.2 Å². The summed E-state index contributed by atoms with van der Waals surface area (Å²) in [5, 5.41) is 3.28. The van der Waals surface area contributed by atoms with E-state index in [1.54, 1.807) is 0 Å². The number of piperidine rings is 1. The topological polar surface area (TPSA) is 61.9 Å². The lowest BCUT2D eigenvalue weighted by Crippen LogP contribution is -2.81. The number of nitrogens with one attached hydrogen (secondary N) is 1. The van der Waals surface area contributed by atoms with Gasteiger partial charge in [0, 0.05) is 39.0 Å². The molecule has 0 aromatic heterocycles. The van der Waals surface area contributed by atoms with Crippen LogP contribution >= 0.6 is 0 Å². The minimum atomic E-state index is -0.641. The number of carbonyl (C=O) groups is 2.